The molecule has 1 aliphatic carbocycles. The summed E-state index contributed by atoms with van der Waals surface area (Å²) in [5.74, 6) is 0. The van der Waals surface area contributed by atoms with Crippen molar-refractivity contribution in [3.8, 4) is 6.07 Å². The standard InChI is InChI=1S/C13H16N2/c1-2-15(11-13(10-14)8-9-13)12-6-4-3-5-7-12/h3-7H,2,8-9,11H2,1H3. The highest BCUT2D eigenvalue weighted by molar-refractivity contribution is 5.46. The van der Waals surface area contributed by atoms with Gasteiger partial charge in [-0.05, 0) is 31.9 Å². The Kier molecular flexibility index (Phi) is 2.64. The molecule has 0 saturated heterocycles. The van der Waals surface area contributed by atoms with Crippen LogP contribution in [-0.2, 0) is 0 Å². The van der Waals surface area contributed by atoms with E-state index in [1.54, 1.807) is 0 Å². The molecule has 0 unspecified atom stereocenters. The molecule has 0 bridgehead atoms. The van der Waals surface area contributed by atoms with Crippen LogP contribution in [0.5, 0.6) is 0 Å². The summed E-state index contributed by atoms with van der Waals surface area (Å²) in [6.45, 7) is 3.98. The fraction of sp³-hybridized carbons (Fsp3) is 0.462. The van der Waals surface area contributed by atoms with Gasteiger partial charge in [-0.3, -0.25) is 0 Å². The number of para-hydroxylation sites is 1. The molecule has 0 radical (unpaired) electrons. The van der Waals surface area contributed by atoms with E-state index in [2.05, 4.69) is 30.0 Å². The third kappa shape index (κ3) is 2.12. The predicted octanol–water partition coefficient (Wildman–Crippen LogP) is 2.82. The first kappa shape index (κ1) is 10.0. The lowest BCUT2D eigenvalue weighted by Crippen LogP contribution is -2.29. The van der Waals surface area contributed by atoms with Crippen molar-refractivity contribution in [3.05, 3.63) is 30.3 Å². The number of nitriles is 1. The average molecular weight is 200 g/mol. The zero-order valence-corrected chi connectivity index (χ0v) is 9.11. The van der Waals surface area contributed by atoms with Crippen LogP contribution in [0.1, 0.15) is 19.8 Å². The Bertz CT molecular complexity index is 360. The maximum atomic E-state index is 9.07. The van der Waals surface area contributed by atoms with Crippen molar-refractivity contribution in [1.29, 1.82) is 5.26 Å². The molecule has 0 spiro atoms. The van der Waals surface area contributed by atoms with Gasteiger partial charge in [-0.2, -0.15) is 5.26 Å². The lowest BCUT2D eigenvalue weighted by atomic mass is 10.1. The lowest BCUT2D eigenvalue weighted by Gasteiger charge is -2.25. The molecule has 0 N–H and O–H groups in total. The van der Waals surface area contributed by atoms with E-state index in [0.29, 0.717) is 0 Å². The second-order valence-corrected chi connectivity index (χ2v) is 4.24. The van der Waals surface area contributed by atoms with Crippen molar-refractivity contribution in [3.63, 3.8) is 0 Å². The summed E-state index contributed by atoms with van der Waals surface area (Å²) in [4.78, 5) is 2.29. The zero-order chi connectivity index (χ0) is 10.7. The van der Waals surface area contributed by atoms with E-state index < -0.39 is 0 Å². The van der Waals surface area contributed by atoms with E-state index in [-0.39, 0.29) is 5.41 Å². The molecule has 1 aliphatic rings. The summed E-state index contributed by atoms with van der Waals surface area (Å²) in [7, 11) is 0. The van der Waals surface area contributed by atoms with Crippen LogP contribution in [0.4, 0.5) is 5.69 Å². The summed E-state index contributed by atoms with van der Waals surface area (Å²) < 4.78 is 0. The Morgan fingerprint density at radius 2 is 2.00 bits per heavy atom. The van der Waals surface area contributed by atoms with Crippen LogP contribution in [0, 0.1) is 16.7 Å². The maximum absolute atomic E-state index is 9.07. The first-order chi connectivity index (χ1) is 7.29. The first-order valence-corrected chi connectivity index (χ1v) is 5.51. The number of anilines is 1. The van der Waals surface area contributed by atoms with Gasteiger partial charge in [0.25, 0.3) is 0 Å². The molecule has 2 heteroatoms. The number of hydrogen-bond donors (Lipinski definition) is 0. The third-order valence-electron chi connectivity index (χ3n) is 3.09. The van der Waals surface area contributed by atoms with Gasteiger partial charge in [0.1, 0.15) is 0 Å². The fourth-order valence-electron chi connectivity index (χ4n) is 1.85. The molecule has 0 aliphatic heterocycles. The van der Waals surface area contributed by atoms with Crippen molar-refractivity contribution >= 4 is 5.69 Å². The van der Waals surface area contributed by atoms with Crippen LogP contribution >= 0.6 is 0 Å². The zero-order valence-electron chi connectivity index (χ0n) is 9.11. The summed E-state index contributed by atoms with van der Waals surface area (Å²) in [5.41, 5.74) is 1.17. The monoisotopic (exact) mass is 200 g/mol. The van der Waals surface area contributed by atoms with Crippen LogP contribution in [0.25, 0.3) is 0 Å². The Morgan fingerprint density at radius 1 is 1.33 bits per heavy atom. The normalized spacial score (nSPS) is 16.8. The van der Waals surface area contributed by atoms with Gasteiger partial charge in [0.05, 0.1) is 11.5 Å². The highest BCUT2D eigenvalue weighted by atomic mass is 15.1. The molecular formula is C13H16N2. The van der Waals surface area contributed by atoms with Gasteiger partial charge in [-0.15, -0.1) is 0 Å². The summed E-state index contributed by atoms with van der Waals surface area (Å²) in [6, 6.07) is 12.8. The van der Waals surface area contributed by atoms with Gasteiger partial charge in [0.15, 0.2) is 0 Å². The molecule has 2 nitrogen and oxygen atoms in total. The first-order valence-electron chi connectivity index (χ1n) is 5.51. The molecule has 1 aromatic rings. The topological polar surface area (TPSA) is 27.0 Å². The third-order valence-corrected chi connectivity index (χ3v) is 3.09. The van der Waals surface area contributed by atoms with Crippen molar-refractivity contribution in [2.45, 2.75) is 19.8 Å². The van der Waals surface area contributed by atoms with Crippen molar-refractivity contribution < 1.29 is 0 Å². The van der Waals surface area contributed by atoms with Crippen LogP contribution in [0.2, 0.25) is 0 Å². The molecule has 1 fully saturated rings. The molecule has 15 heavy (non-hydrogen) atoms. The van der Waals surface area contributed by atoms with E-state index in [1.807, 2.05) is 18.2 Å². The number of nitrogens with zero attached hydrogens (tertiary/aromatic N) is 2. The highest BCUT2D eigenvalue weighted by Gasteiger charge is 2.44. The van der Waals surface area contributed by atoms with Gasteiger partial charge in [-0.25, -0.2) is 0 Å². The van der Waals surface area contributed by atoms with E-state index >= 15 is 0 Å². The Balaban J connectivity index is 2.09. The van der Waals surface area contributed by atoms with Crippen molar-refractivity contribution in [1.82, 2.24) is 0 Å². The number of rotatable bonds is 4. The minimum Gasteiger partial charge on any atom is -0.370 e. The number of hydrogen-bond acceptors (Lipinski definition) is 2. The largest absolute Gasteiger partial charge is 0.370 e. The molecule has 1 aromatic carbocycles. The average Bonchev–Trinajstić information content (AvgIpc) is 3.08. The van der Waals surface area contributed by atoms with E-state index in [4.69, 9.17) is 5.26 Å². The highest BCUT2D eigenvalue weighted by Crippen LogP contribution is 2.45. The fourth-order valence-corrected chi connectivity index (χ4v) is 1.85. The van der Waals surface area contributed by atoms with E-state index in [0.717, 1.165) is 25.9 Å². The molecule has 2 rings (SSSR count). The Morgan fingerprint density at radius 3 is 2.47 bits per heavy atom. The van der Waals surface area contributed by atoms with Crippen molar-refractivity contribution in [2.24, 2.45) is 5.41 Å². The van der Waals surface area contributed by atoms with Crippen LogP contribution in [-0.4, -0.2) is 13.1 Å². The molecule has 0 heterocycles. The second kappa shape index (κ2) is 3.94. The van der Waals surface area contributed by atoms with Gasteiger partial charge >= 0.3 is 0 Å². The molecule has 1 saturated carbocycles. The predicted molar refractivity (Wildman–Crippen MR) is 61.6 cm³/mol. The molecule has 0 atom stereocenters. The summed E-state index contributed by atoms with van der Waals surface area (Å²) >= 11 is 0. The second-order valence-electron chi connectivity index (χ2n) is 4.24. The minimum absolute atomic E-state index is 0.0498. The maximum Gasteiger partial charge on any atom is 0.0749 e. The van der Waals surface area contributed by atoms with E-state index in [1.165, 1.54) is 5.69 Å². The lowest BCUT2D eigenvalue weighted by molar-refractivity contribution is 0.630. The van der Waals surface area contributed by atoms with Gasteiger partial charge in [0.2, 0.25) is 0 Å². The molecule has 78 valence electrons. The molecule has 0 aromatic heterocycles. The smallest absolute Gasteiger partial charge is 0.0749 e. The Labute approximate surface area is 91.1 Å². The quantitative estimate of drug-likeness (QED) is 0.747. The number of benzene rings is 1. The minimum atomic E-state index is -0.0498. The molecular weight excluding hydrogens is 184 g/mol. The van der Waals surface area contributed by atoms with E-state index in [9.17, 15) is 0 Å². The Hall–Kier alpha value is -1.49. The van der Waals surface area contributed by atoms with Gasteiger partial charge < -0.3 is 4.90 Å². The summed E-state index contributed by atoms with van der Waals surface area (Å²) in [6.07, 6.45) is 2.12. The van der Waals surface area contributed by atoms with Crippen LogP contribution in [0.3, 0.4) is 0 Å². The summed E-state index contributed by atoms with van der Waals surface area (Å²) in [5, 5.41) is 9.07. The van der Waals surface area contributed by atoms with Gasteiger partial charge in [-0.1, -0.05) is 18.2 Å². The molecule has 0 amide bonds. The van der Waals surface area contributed by atoms with Crippen LogP contribution < -0.4 is 4.90 Å². The SMILES string of the molecule is CCN(CC1(C#N)CC1)c1ccccc1. The van der Waals surface area contributed by atoms with Gasteiger partial charge in [0, 0.05) is 18.8 Å². The van der Waals surface area contributed by atoms with Crippen LogP contribution in [0.15, 0.2) is 30.3 Å². The van der Waals surface area contributed by atoms with Crippen molar-refractivity contribution in [2.75, 3.05) is 18.0 Å².